The van der Waals surface area contributed by atoms with E-state index in [1.54, 1.807) is 0 Å². The van der Waals surface area contributed by atoms with Crippen molar-refractivity contribution in [1.29, 1.82) is 0 Å². The van der Waals surface area contributed by atoms with Crippen LogP contribution in [-0.4, -0.2) is 8.42 Å². The minimum absolute atomic E-state index is 0.306. The molecule has 12 heteroatoms. The van der Waals surface area contributed by atoms with Gasteiger partial charge in [0.15, 0.2) is 23.3 Å². The molecular weight excluding hydrogens is 475 g/mol. The van der Waals surface area contributed by atoms with E-state index in [9.17, 15) is 39.2 Å². The fourth-order valence-electron chi connectivity index (χ4n) is 2.97. The van der Waals surface area contributed by atoms with E-state index in [0.29, 0.717) is 12.1 Å². The summed E-state index contributed by atoms with van der Waals surface area (Å²) in [5.41, 5.74) is -5.14. The van der Waals surface area contributed by atoms with Crippen LogP contribution in [0.2, 0.25) is 5.02 Å². The lowest BCUT2D eigenvalue weighted by molar-refractivity contribution is -0.137. The standard InChI is InChI=1S/C19H9ClF7NO2S/c20-11-6-5-8(7-10(11)19(25,26)27)13-14(16(22)18(24)17(23)15(13)21)9-3-1-2-4-12(9)31(28,29)30/h1-7H,(H2,28,29,30). The van der Waals surface area contributed by atoms with Crippen LogP contribution in [0.25, 0.3) is 22.3 Å². The molecule has 3 aromatic carbocycles. The highest BCUT2D eigenvalue weighted by molar-refractivity contribution is 7.89. The van der Waals surface area contributed by atoms with E-state index in [0.717, 1.165) is 24.3 Å². The largest absolute Gasteiger partial charge is 0.417 e. The minimum Gasteiger partial charge on any atom is -0.225 e. The number of nitrogens with two attached hydrogens (primary N) is 1. The number of alkyl halides is 3. The van der Waals surface area contributed by atoms with Crippen LogP contribution in [0.3, 0.4) is 0 Å². The molecule has 0 aliphatic carbocycles. The second-order valence-electron chi connectivity index (χ2n) is 6.24. The molecule has 0 radical (unpaired) electrons. The van der Waals surface area contributed by atoms with Gasteiger partial charge in [0.05, 0.1) is 15.5 Å². The Hall–Kier alpha value is -2.63. The van der Waals surface area contributed by atoms with Crippen molar-refractivity contribution in [3.05, 3.63) is 76.3 Å². The predicted molar refractivity (Wildman–Crippen MR) is 98.5 cm³/mol. The monoisotopic (exact) mass is 483 g/mol. The van der Waals surface area contributed by atoms with Crippen LogP contribution in [0.1, 0.15) is 5.56 Å². The van der Waals surface area contributed by atoms with Gasteiger partial charge in [-0.1, -0.05) is 35.9 Å². The first-order valence-electron chi connectivity index (χ1n) is 8.10. The van der Waals surface area contributed by atoms with Crippen molar-refractivity contribution < 1.29 is 39.2 Å². The second-order valence-corrected chi connectivity index (χ2v) is 8.18. The van der Waals surface area contributed by atoms with Crippen molar-refractivity contribution in [2.75, 3.05) is 0 Å². The zero-order valence-electron chi connectivity index (χ0n) is 14.9. The van der Waals surface area contributed by atoms with E-state index in [1.165, 1.54) is 6.07 Å². The molecule has 3 aromatic rings. The maximum atomic E-state index is 14.8. The first-order chi connectivity index (χ1) is 14.2. The van der Waals surface area contributed by atoms with Gasteiger partial charge < -0.3 is 0 Å². The predicted octanol–water partition coefficient (Wildman–Crippen LogP) is 5.90. The third-order valence-corrected chi connectivity index (χ3v) is 5.59. The molecule has 0 atom stereocenters. The van der Waals surface area contributed by atoms with E-state index >= 15 is 0 Å². The van der Waals surface area contributed by atoms with Crippen LogP contribution >= 0.6 is 11.6 Å². The molecule has 0 aromatic heterocycles. The van der Waals surface area contributed by atoms with Gasteiger partial charge >= 0.3 is 6.18 Å². The van der Waals surface area contributed by atoms with E-state index in [4.69, 9.17) is 16.7 Å². The molecule has 31 heavy (non-hydrogen) atoms. The summed E-state index contributed by atoms with van der Waals surface area (Å²) in [7, 11) is -4.58. The lowest BCUT2D eigenvalue weighted by Crippen LogP contribution is -2.14. The number of halogens is 8. The minimum atomic E-state index is -5.01. The van der Waals surface area contributed by atoms with Crippen molar-refractivity contribution in [2.45, 2.75) is 11.1 Å². The fraction of sp³-hybridized carbons (Fsp3) is 0.0526. The summed E-state index contributed by atoms with van der Waals surface area (Å²) >= 11 is 5.52. The molecule has 3 nitrogen and oxygen atoms in total. The van der Waals surface area contributed by atoms with E-state index in [-0.39, 0.29) is 0 Å². The number of primary sulfonamides is 1. The third-order valence-electron chi connectivity index (χ3n) is 4.29. The van der Waals surface area contributed by atoms with Gasteiger partial charge in [0.2, 0.25) is 10.0 Å². The molecule has 0 saturated carbocycles. The summed E-state index contributed by atoms with van der Waals surface area (Å²) in [6.45, 7) is 0. The normalized spacial score (nSPS) is 12.3. The molecule has 0 spiro atoms. The highest BCUT2D eigenvalue weighted by Gasteiger charge is 2.35. The van der Waals surface area contributed by atoms with Crippen LogP contribution in [0.15, 0.2) is 47.4 Å². The van der Waals surface area contributed by atoms with Gasteiger partial charge in [0.25, 0.3) is 0 Å². The maximum absolute atomic E-state index is 14.8. The summed E-state index contributed by atoms with van der Waals surface area (Å²) in [5, 5.41) is 4.28. The molecular formula is C19H9ClF7NO2S. The van der Waals surface area contributed by atoms with Crippen molar-refractivity contribution in [3.63, 3.8) is 0 Å². The number of benzene rings is 3. The van der Waals surface area contributed by atoms with Gasteiger partial charge in [0, 0.05) is 16.7 Å². The van der Waals surface area contributed by atoms with Crippen molar-refractivity contribution >= 4 is 21.6 Å². The molecule has 0 heterocycles. The average molecular weight is 484 g/mol. The Morgan fingerprint density at radius 1 is 0.806 bits per heavy atom. The highest BCUT2D eigenvalue weighted by Crippen LogP contribution is 2.44. The molecule has 0 aliphatic heterocycles. The van der Waals surface area contributed by atoms with Crippen LogP contribution in [0.4, 0.5) is 30.7 Å². The van der Waals surface area contributed by atoms with Crippen molar-refractivity contribution in [3.8, 4) is 22.3 Å². The van der Waals surface area contributed by atoms with Crippen LogP contribution in [0, 0.1) is 23.3 Å². The molecule has 0 unspecified atom stereocenters. The van der Waals surface area contributed by atoms with E-state index in [1.807, 2.05) is 0 Å². The van der Waals surface area contributed by atoms with E-state index < -0.39 is 77.2 Å². The number of hydrogen-bond donors (Lipinski definition) is 1. The quantitative estimate of drug-likeness (QED) is 0.286. The lowest BCUT2D eigenvalue weighted by atomic mass is 9.92. The number of hydrogen-bond acceptors (Lipinski definition) is 2. The Morgan fingerprint density at radius 2 is 1.35 bits per heavy atom. The zero-order valence-corrected chi connectivity index (χ0v) is 16.4. The van der Waals surface area contributed by atoms with Gasteiger partial charge in [0.1, 0.15) is 0 Å². The second kappa shape index (κ2) is 7.81. The first kappa shape index (κ1) is 23.0. The summed E-state index contributed by atoms with van der Waals surface area (Å²) in [6.07, 6.45) is -5.01. The fourth-order valence-corrected chi connectivity index (χ4v) is 3.94. The van der Waals surface area contributed by atoms with Crippen LogP contribution in [-0.2, 0) is 16.2 Å². The molecule has 0 fully saturated rings. The molecule has 0 saturated heterocycles. The van der Waals surface area contributed by atoms with Gasteiger partial charge in [-0.25, -0.2) is 31.1 Å². The highest BCUT2D eigenvalue weighted by atomic mass is 35.5. The van der Waals surface area contributed by atoms with Crippen LogP contribution in [0.5, 0.6) is 0 Å². The summed E-state index contributed by atoms with van der Waals surface area (Å²) in [6, 6.07) is 5.95. The molecule has 164 valence electrons. The van der Waals surface area contributed by atoms with E-state index in [2.05, 4.69) is 0 Å². The summed E-state index contributed by atoms with van der Waals surface area (Å²) in [4.78, 5) is -0.787. The topological polar surface area (TPSA) is 60.2 Å². The Labute approximate surface area is 175 Å². The smallest absolute Gasteiger partial charge is 0.225 e. The average Bonchev–Trinajstić information content (AvgIpc) is 2.68. The van der Waals surface area contributed by atoms with Gasteiger partial charge in [-0.15, -0.1) is 0 Å². The summed E-state index contributed by atoms with van der Waals surface area (Å²) < 4.78 is 121. The molecule has 0 aliphatic rings. The Bertz CT molecular complexity index is 1310. The Morgan fingerprint density at radius 3 is 1.90 bits per heavy atom. The van der Waals surface area contributed by atoms with Gasteiger partial charge in [-0.3, -0.25) is 0 Å². The number of rotatable bonds is 3. The van der Waals surface area contributed by atoms with Crippen LogP contribution < -0.4 is 5.14 Å². The van der Waals surface area contributed by atoms with Gasteiger partial charge in [-0.05, 0) is 23.8 Å². The molecule has 3 rings (SSSR count). The molecule has 0 amide bonds. The Balaban J connectivity index is 2.51. The van der Waals surface area contributed by atoms with Crippen molar-refractivity contribution in [2.24, 2.45) is 5.14 Å². The zero-order chi connectivity index (χ0) is 23.3. The SMILES string of the molecule is NS(=O)(=O)c1ccccc1-c1c(F)c(F)c(F)c(F)c1-c1ccc(Cl)c(C(F)(F)F)c1. The lowest BCUT2D eigenvalue weighted by Gasteiger charge is -2.18. The molecule has 2 N–H and O–H groups in total. The summed E-state index contributed by atoms with van der Waals surface area (Å²) in [5.74, 6) is -8.64. The molecule has 0 bridgehead atoms. The third kappa shape index (κ3) is 4.12. The Kier molecular flexibility index (Phi) is 5.80. The van der Waals surface area contributed by atoms with Gasteiger partial charge in [-0.2, -0.15) is 13.2 Å². The first-order valence-corrected chi connectivity index (χ1v) is 10.0. The number of sulfonamides is 1. The maximum Gasteiger partial charge on any atom is 0.417 e. The van der Waals surface area contributed by atoms with Crippen molar-refractivity contribution in [1.82, 2.24) is 0 Å².